The molecule has 3 rings (SSSR count). The van der Waals surface area contributed by atoms with E-state index in [0.717, 1.165) is 24.2 Å². The van der Waals surface area contributed by atoms with Crippen molar-refractivity contribution in [2.75, 3.05) is 11.9 Å². The van der Waals surface area contributed by atoms with Crippen LogP contribution in [0.3, 0.4) is 0 Å². The van der Waals surface area contributed by atoms with Crippen molar-refractivity contribution >= 4 is 23.3 Å². The molecule has 108 valence electrons. The zero-order valence-corrected chi connectivity index (χ0v) is 12.7. The molecule has 2 aromatic carbocycles. The van der Waals surface area contributed by atoms with Crippen LogP contribution in [-0.2, 0) is 13.0 Å². The van der Waals surface area contributed by atoms with E-state index in [1.165, 1.54) is 11.1 Å². The van der Waals surface area contributed by atoms with Gasteiger partial charge in [0.25, 0.3) is 0 Å². The highest BCUT2D eigenvalue weighted by atomic mass is 35.5. The molecule has 0 unspecified atom stereocenters. The summed E-state index contributed by atoms with van der Waals surface area (Å²) in [5, 5.41) is 3.62. The molecule has 21 heavy (non-hydrogen) atoms. The lowest BCUT2D eigenvalue weighted by Gasteiger charge is -2.29. The molecule has 2 amide bonds. The van der Waals surface area contributed by atoms with Crippen molar-refractivity contribution in [1.29, 1.82) is 0 Å². The fourth-order valence-corrected chi connectivity index (χ4v) is 2.78. The Balaban J connectivity index is 1.74. The summed E-state index contributed by atoms with van der Waals surface area (Å²) in [5.41, 5.74) is 4.22. The summed E-state index contributed by atoms with van der Waals surface area (Å²) in [7, 11) is 0. The molecule has 3 nitrogen and oxygen atoms in total. The van der Waals surface area contributed by atoms with Gasteiger partial charge >= 0.3 is 6.03 Å². The standard InChI is InChI=1S/C17H17ClN2O/c1-12-15(18)7-4-8-16(12)19-17(21)20-10-9-13-5-2-3-6-14(13)11-20/h2-8H,9-11H2,1H3,(H,19,21). The second kappa shape index (κ2) is 5.78. The van der Waals surface area contributed by atoms with E-state index >= 15 is 0 Å². The Hall–Kier alpha value is -2.00. The van der Waals surface area contributed by atoms with Crippen LogP contribution in [0.2, 0.25) is 5.02 Å². The third-order valence-electron chi connectivity index (χ3n) is 3.93. The van der Waals surface area contributed by atoms with Gasteiger partial charge in [-0.1, -0.05) is 41.9 Å². The van der Waals surface area contributed by atoms with Crippen molar-refractivity contribution < 1.29 is 4.79 Å². The number of benzene rings is 2. The molecule has 0 spiro atoms. The van der Waals surface area contributed by atoms with Gasteiger partial charge in [0.1, 0.15) is 0 Å². The number of carbonyl (C=O) groups excluding carboxylic acids is 1. The van der Waals surface area contributed by atoms with Gasteiger partial charge < -0.3 is 10.2 Å². The number of nitrogens with zero attached hydrogens (tertiary/aromatic N) is 1. The van der Waals surface area contributed by atoms with Crippen LogP contribution in [0.25, 0.3) is 0 Å². The summed E-state index contributed by atoms with van der Waals surface area (Å²) in [4.78, 5) is 14.2. The molecule has 0 fully saturated rings. The minimum absolute atomic E-state index is 0.0742. The van der Waals surface area contributed by atoms with Gasteiger partial charge in [-0.3, -0.25) is 0 Å². The zero-order chi connectivity index (χ0) is 14.8. The maximum Gasteiger partial charge on any atom is 0.322 e. The third kappa shape index (κ3) is 2.88. The first kappa shape index (κ1) is 14.0. The predicted molar refractivity (Wildman–Crippen MR) is 85.8 cm³/mol. The van der Waals surface area contributed by atoms with Gasteiger partial charge in [0.05, 0.1) is 0 Å². The Morgan fingerprint density at radius 2 is 1.90 bits per heavy atom. The van der Waals surface area contributed by atoms with Crippen LogP contribution < -0.4 is 5.32 Å². The quantitative estimate of drug-likeness (QED) is 0.839. The molecule has 0 radical (unpaired) electrons. The summed E-state index contributed by atoms with van der Waals surface area (Å²) in [6, 6.07) is 13.7. The molecule has 1 aliphatic heterocycles. The molecule has 2 aromatic rings. The first-order valence-electron chi connectivity index (χ1n) is 7.03. The van der Waals surface area contributed by atoms with E-state index in [1.807, 2.05) is 42.2 Å². The van der Waals surface area contributed by atoms with Gasteiger partial charge in [0.15, 0.2) is 0 Å². The topological polar surface area (TPSA) is 32.3 Å². The fourth-order valence-electron chi connectivity index (χ4n) is 2.61. The van der Waals surface area contributed by atoms with Crippen LogP contribution >= 0.6 is 11.6 Å². The average Bonchev–Trinajstić information content (AvgIpc) is 2.51. The minimum atomic E-state index is -0.0742. The lowest BCUT2D eigenvalue weighted by molar-refractivity contribution is 0.206. The van der Waals surface area contributed by atoms with Gasteiger partial charge in [-0.25, -0.2) is 4.79 Å². The van der Waals surface area contributed by atoms with Crippen LogP contribution in [0.4, 0.5) is 10.5 Å². The highest BCUT2D eigenvalue weighted by Crippen LogP contribution is 2.24. The van der Waals surface area contributed by atoms with E-state index in [2.05, 4.69) is 17.4 Å². The number of urea groups is 1. The summed E-state index contributed by atoms with van der Waals surface area (Å²) in [6.45, 7) is 3.30. The molecule has 1 N–H and O–H groups in total. The second-order valence-corrected chi connectivity index (χ2v) is 5.69. The van der Waals surface area contributed by atoms with Crippen molar-refractivity contribution in [3.63, 3.8) is 0 Å². The lowest BCUT2D eigenvalue weighted by Crippen LogP contribution is -2.38. The van der Waals surface area contributed by atoms with Crippen molar-refractivity contribution in [2.45, 2.75) is 19.9 Å². The SMILES string of the molecule is Cc1c(Cl)cccc1NC(=O)N1CCc2ccccc2C1. The number of nitrogens with one attached hydrogen (secondary N) is 1. The highest BCUT2D eigenvalue weighted by molar-refractivity contribution is 6.31. The number of fused-ring (bicyclic) bond motifs is 1. The summed E-state index contributed by atoms with van der Waals surface area (Å²) in [6.07, 6.45) is 0.901. The predicted octanol–water partition coefficient (Wildman–Crippen LogP) is 4.24. The molecular formula is C17H17ClN2O. The molecule has 1 heterocycles. The van der Waals surface area contributed by atoms with E-state index in [1.54, 1.807) is 0 Å². The van der Waals surface area contributed by atoms with Crippen molar-refractivity contribution in [2.24, 2.45) is 0 Å². The zero-order valence-electron chi connectivity index (χ0n) is 11.9. The van der Waals surface area contributed by atoms with E-state index in [0.29, 0.717) is 11.6 Å². The number of hydrogen-bond acceptors (Lipinski definition) is 1. The van der Waals surface area contributed by atoms with Crippen molar-refractivity contribution in [3.05, 3.63) is 64.2 Å². The number of carbonyl (C=O) groups is 1. The van der Waals surface area contributed by atoms with Gasteiger partial charge in [-0.15, -0.1) is 0 Å². The molecule has 0 saturated heterocycles. The molecule has 0 aliphatic carbocycles. The summed E-state index contributed by atoms with van der Waals surface area (Å²) in [5.74, 6) is 0. The maximum atomic E-state index is 12.4. The maximum absolute atomic E-state index is 12.4. The minimum Gasteiger partial charge on any atom is -0.320 e. The van der Waals surface area contributed by atoms with Crippen LogP contribution in [0.15, 0.2) is 42.5 Å². The first-order chi connectivity index (χ1) is 10.1. The molecule has 0 bridgehead atoms. The summed E-state index contributed by atoms with van der Waals surface area (Å²) >= 11 is 6.09. The smallest absolute Gasteiger partial charge is 0.320 e. The number of anilines is 1. The molecule has 0 aromatic heterocycles. The van der Waals surface area contributed by atoms with Crippen molar-refractivity contribution in [3.8, 4) is 0 Å². The lowest BCUT2D eigenvalue weighted by atomic mass is 10.0. The van der Waals surface area contributed by atoms with Crippen molar-refractivity contribution in [1.82, 2.24) is 4.90 Å². The Labute approximate surface area is 129 Å². The van der Waals surface area contributed by atoms with Gasteiger partial charge in [0.2, 0.25) is 0 Å². The van der Waals surface area contributed by atoms with Crippen LogP contribution in [0, 0.1) is 6.92 Å². The van der Waals surface area contributed by atoms with E-state index in [4.69, 9.17) is 11.6 Å². The summed E-state index contributed by atoms with van der Waals surface area (Å²) < 4.78 is 0. The van der Waals surface area contributed by atoms with Crippen LogP contribution in [0.5, 0.6) is 0 Å². The number of rotatable bonds is 1. The molecule has 0 atom stereocenters. The van der Waals surface area contributed by atoms with E-state index in [-0.39, 0.29) is 6.03 Å². The second-order valence-electron chi connectivity index (χ2n) is 5.28. The Morgan fingerprint density at radius 1 is 1.14 bits per heavy atom. The van der Waals surface area contributed by atoms with E-state index in [9.17, 15) is 4.79 Å². The van der Waals surface area contributed by atoms with Crippen LogP contribution in [0.1, 0.15) is 16.7 Å². The largest absolute Gasteiger partial charge is 0.322 e. The van der Waals surface area contributed by atoms with E-state index < -0.39 is 0 Å². The average molecular weight is 301 g/mol. The fraction of sp³-hybridized carbons (Fsp3) is 0.235. The highest BCUT2D eigenvalue weighted by Gasteiger charge is 2.20. The molecule has 1 aliphatic rings. The third-order valence-corrected chi connectivity index (χ3v) is 4.34. The number of hydrogen-bond donors (Lipinski definition) is 1. The van der Waals surface area contributed by atoms with Gasteiger partial charge in [-0.05, 0) is 42.2 Å². The van der Waals surface area contributed by atoms with Gasteiger partial charge in [-0.2, -0.15) is 0 Å². The normalized spacial score (nSPS) is 13.7. The molecule has 4 heteroatoms. The monoisotopic (exact) mass is 300 g/mol. The Morgan fingerprint density at radius 3 is 2.71 bits per heavy atom. The first-order valence-corrected chi connectivity index (χ1v) is 7.41. The van der Waals surface area contributed by atoms with Crippen LogP contribution in [-0.4, -0.2) is 17.5 Å². The number of halogens is 1. The van der Waals surface area contributed by atoms with Gasteiger partial charge in [0, 0.05) is 23.8 Å². The molecule has 0 saturated carbocycles. The Kier molecular flexibility index (Phi) is 3.84. The number of amides is 2. The Bertz CT molecular complexity index is 684. The molecular weight excluding hydrogens is 284 g/mol.